The Kier molecular flexibility index (Phi) is 45.7. The highest BCUT2D eigenvalue weighted by molar-refractivity contribution is 6.02. The largest absolute Gasteiger partial charge is 0.480 e. The molecule has 0 aliphatic carbocycles. The highest BCUT2D eigenvalue weighted by Crippen LogP contribution is 2.26. The summed E-state index contributed by atoms with van der Waals surface area (Å²) < 4.78 is 0. The van der Waals surface area contributed by atoms with Crippen LogP contribution in [0.1, 0.15) is 191 Å². The van der Waals surface area contributed by atoms with Gasteiger partial charge in [0.2, 0.25) is 88.6 Å². The molecule has 5 rings (SSSR count). The predicted octanol–water partition coefficient (Wildman–Crippen LogP) is -2.13. The number of H-pyrrole nitrogens is 2. The number of likely N-dealkylation sites (tertiary alicyclic amines) is 1. The van der Waals surface area contributed by atoms with E-state index in [4.69, 9.17) is 22.9 Å². The summed E-state index contributed by atoms with van der Waals surface area (Å²) in [6.07, 6.45) is 4.04. The molecular weight excluding hydrogens is 1680 g/mol. The van der Waals surface area contributed by atoms with E-state index in [1.807, 2.05) is 6.07 Å². The number of aliphatic hydroxyl groups is 3. The number of nitrogens with two attached hydrogens (primary N) is 4. The van der Waals surface area contributed by atoms with Crippen LogP contribution in [0.3, 0.4) is 0 Å². The molecule has 130 heavy (non-hydrogen) atoms. The Hall–Kier alpha value is -11.2. The number of benzene rings is 2. The van der Waals surface area contributed by atoms with Crippen LogP contribution in [0.25, 0.3) is 21.8 Å². The normalized spacial score (nSPS) is 16.9. The monoisotopic (exact) mass is 1830 g/mol. The van der Waals surface area contributed by atoms with Crippen LogP contribution < -0.4 is 97.4 Å². The van der Waals surface area contributed by atoms with Crippen molar-refractivity contribution < 1.29 is 97.1 Å². The second-order valence-electron chi connectivity index (χ2n) is 35.0. The summed E-state index contributed by atoms with van der Waals surface area (Å²) in [5.74, 6) is -17.3. The van der Waals surface area contributed by atoms with Crippen LogP contribution in [0, 0.1) is 29.6 Å². The van der Waals surface area contributed by atoms with E-state index in [9.17, 15) is 82.8 Å². The molecule has 4 aromatic rings. The van der Waals surface area contributed by atoms with Gasteiger partial charge in [-0.05, 0) is 164 Å². The van der Waals surface area contributed by atoms with E-state index in [0.717, 1.165) is 6.92 Å². The van der Waals surface area contributed by atoms with Gasteiger partial charge in [-0.2, -0.15) is 0 Å². The number of carbonyl (C=O) groups is 16. The molecule has 15 amide bonds. The van der Waals surface area contributed by atoms with Gasteiger partial charge in [-0.15, -0.1) is 0 Å². The number of rotatable bonds is 57. The van der Waals surface area contributed by atoms with Crippen molar-refractivity contribution >= 4 is 116 Å². The lowest BCUT2D eigenvalue weighted by Crippen LogP contribution is -2.63. The van der Waals surface area contributed by atoms with Crippen LogP contribution in [0.2, 0.25) is 0 Å². The zero-order valence-corrected chi connectivity index (χ0v) is 77.1. The molecule has 0 bridgehead atoms. The number of aliphatic hydroxyl groups excluding tert-OH is 3. The number of aromatic amines is 2. The van der Waals surface area contributed by atoms with Gasteiger partial charge in [-0.25, -0.2) is 0 Å². The zero-order valence-electron chi connectivity index (χ0n) is 77.1. The van der Waals surface area contributed by atoms with E-state index in [1.165, 1.54) is 32.6 Å². The summed E-state index contributed by atoms with van der Waals surface area (Å²) in [6.45, 7) is 19.6. The number of hydrogen-bond donors (Lipinski definition) is 24. The molecule has 0 radical (unpaired) electrons. The Labute approximate surface area is 758 Å². The number of nitrogens with one attached hydrogen (secondary N) is 16. The fraction of sp³-hybridized carbons (Fsp3) is 0.640. The Morgan fingerprint density at radius 2 is 0.815 bits per heavy atom. The van der Waals surface area contributed by atoms with Gasteiger partial charge in [-0.3, -0.25) is 76.7 Å². The van der Waals surface area contributed by atoms with Crippen LogP contribution in [-0.2, 0) is 89.6 Å². The fourth-order valence-corrected chi connectivity index (χ4v) is 15.0. The zero-order chi connectivity index (χ0) is 96.9. The lowest BCUT2D eigenvalue weighted by molar-refractivity contribution is -0.143. The molecule has 1 fully saturated rings. The molecule has 1 aliphatic heterocycles. The average Bonchev–Trinajstić information content (AvgIpc) is 1.68. The van der Waals surface area contributed by atoms with Crippen LogP contribution in [0.15, 0.2) is 60.9 Å². The van der Waals surface area contributed by atoms with E-state index >= 15 is 14.4 Å². The highest BCUT2D eigenvalue weighted by Gasteiger charge is 2.44. The van der Waals surface area contributed by atoms with Crippen LogP contribution in [0.4, 0.5) is 0 Å². The number of aromatic nitrogens is 2. The summed E-state index contributed by atoms with van der Waals surface area (Å²) >= 11 is 0. The lowest BCUT2D eigenvalue weighted by atomic mass is 9.96. The Morgan fingerprint density at radius 1 is 0.438 bits per heavy atom. The van der Waals surface area contributed by atoms with Crippen molar-refractivity contribution in [2.45, 2.75) is 296 Å². The molecule has 2 aromatic heterocycles. The Bertz CT molecular complexity index is 4440. The van der Waals surface area contributed by atoms with Gasteiger partial charge in [0, 0.05) is 53.6 Å². The van der Waals surface area contributed by atoms with Gasteiger partial charge in [0.25, 0.3) is 0 Å². The Morgan fingerprint density at radius 3 is 1.27 bits per heavy atom. The maximum Gasteiger partial charge on any atom is 0.325 e. The first kappa shape index (κ1) is 109. The van der Waals surface area contributed by atoms with Crippen molar-refractivity contribution in [1.82, 2.24) is 89.3 Å². The molecule has 0 unspecified atom stereocenters. The molecule has 19 atom stereocenters. The van der Waals surface area contributed by atoms with Crippen LogP contribution in [0.5, 0.6) is 0 Å². The van der Waals surface area contributed by atoms with Gasteiger partial charge < -0.3 is 133 Å². The summed E-state index contributed by atoms with van der Waals surface area (Å²) in [5.41, 5.74) is 26.0. The van der Waals surface area contributed by atoms with Gasteiger partial charge in [0.15, 0.2) is 0 Å². The molecule has 41 nitrogen and oxygen atoms in total. The molecule has 724 valence electrons. The van der Waals surface area contributed by atoms with E-state index in [0.29, 0.717) is 97.4 Å². The van der Waals surface area contributed by atoms with Gasteiger partial charge in [0.1, 0.15) is 84.6 Å². The number of aliphatic carboxylic acids is 1. The van der Waals surface area contributed by atoms with E-state index < -0.39 is 234 Å². The minimum absolute atomic E-state index is 0.0325. The average molecular weight is 1830 g/mol. The SMILES string of the molecule is CC[C@H](C)[C@H](NC(=O)[C@H](Cc1c[nH]c2ccccc12)NC(=O)[C@H](CCCCN)NC(=O)CNC(=O)[C@H]1CCCN1C(=O)[C@@H](NC(=O)[C@H](Cc1c[nH]c2ccccc12)NC(=O)[C@@H](NC(=O)[C@@H](NC(=O)[C@H](CC(C)C)NC(=O)[C@H](CCCCN)NC(=O)[C@@H](N)CCCCN)[C@@H](C)O)C(C)C)[C@@H](C)CC)C(=O)N[C@H](C(=O)N[C@H](C(=O)N[C@@H](CO)C(=O)N[C@@H](C)C(=O)O)C(C)C)[C@@H](C)O. The molecule has 41 heteroatoms. The van der Waals surface area contributed by atoms with Crippen molar-refractivity contribution in [3.8, 4) is 0 Å². The van der Waals surface area contributed by atoms with Crippen molar-refractivity contribution in [2.75, 3.05) is 39.3 Å². The van der Waals surface area contributed by atoms with Gasteiger partial charge in [0.05, 0.1) is 31.4 Å². The maximum atomic E-state index is 15.2. The molecule has 2 aromatic carbocycles. The summed E-state index contributed by atoms with van der Waals surface area (Å²) in [7, 11) is 0. The summed E-state index contributed by atoms with van der Waals surface area (Å²) in [5, 5.41) is 79.4. The quantitative estimate of drug-likeness (QED) is 0.0210. The summed E-state index contributed by atoms with van der Waals surface area (Å²) in [6, 6.07) is -6.84. The Balaban J connectivity index is 1.36. The van der Waals surface area contributed by atoms with Gasteiger partial charge >= 0.3 is 5.97 Å². The second-order valence-corrected chi connectivity index (χ2v) is 35.0. The molecular formula is C89H143N21O20. The molecule has 0 spiro atoms. The maximum absolute atomic E-state index is 15.2. The molecule has 1 saturated heterocycles. The first-order valence-electron chi connectivity index (χ1n) is 45.2. The number of amides is 15. The predicted molar refractivity (Wildman–Crippen MR) is 485 cm³/mol. The van der Waals surface area contributed by atoms with E-state index in [1.54, 1.807) is 110 Å². The second kappa shape index (κ2) is 54.4. The van der Waals surface area contributed by atoms with Crippen molar-refractivity contribution in [2.24, 2.45) is 52.5 Å². The molecule has 28 N–H and O–H groups in total. The number of carboxylic acids is 1. The van der Waals surface area contributed by atoms with Gasteiger partial charge in [-0.1, -0.05) is 125 Å². The highest BCUT2D eigenvalue weighted by atomic mass is 16.4. The number of para-hydroxylation sites is 2. The van der Waals surface area contributed by atoms with E-state index in [2.05, 4.69) is 84.4 Å². The van der Waals surface area contributed by atoms with Crippen molar-refractivity contribution in [3.05, 3.63) is 72.1 Å². The fourth-order valence-electron chi connectivity index (χ4n) is 15.0. The third-order valence-electron chi connectivity index (χ3n) is 23.3. The first-order valence-corrected chi connectivity index (χ1v) is 45.2. The number of fused-ring (bicyclic) bond motifs is 2. The van der Waals surface area contributed by atoms with Crippen molar-refractivity contribution in [3.63, 3.8) is 0 Å². The third-order valence-corrected chi connectivity index (χ3v) is 23.3. The standard InChI is InChI=1S/C89H143N21O20/c1-14-49(9)71(85(125)109-74(53(13)113)87(127)105-70(48(7)8)84(124)103-66(45-111)81(121)97-51(11)89(129)130)106-79(119)64(40-54-42-94-59-30-18-16-27-56(54)59)101-76(116)61(32-21-24-36-91)98-68(114)44-96-82(122)67-34-26-38-110(67)88(128)72(50(10)15-2)107-80(120)65(41-55-43-95-60-31-19-17-28-57(55)60)102-83(123)69(47(5)6)104-86(126)73(52(12)112)108-78(118)63(39-46(3)4)100-77(117)62(33-22-25-37-92)99-75(115)58(93)29-20-23-35-90/h16-19,27-28,30-31,42-43,46-53,58,61-67,69-74,94-95,111-113H,14-15,20-26,29,32-41,44-45,90-93H2,1-13H3,(H,96,122)(H,97,121)(H,98,114)(H,99,115)(H,100,117)(H,101,116)(H,102,123)(H,103,124)(H,104,126)(H,105,127)(H,106,119)(H,107,120)(H,108,118)(H,109,125)(H,129,130)/t49-,50-,51-,52+,53+,58-,61-,62-,63-,64-,65-,66-,67+,69-,70-,71-,72-,73-,74-/m0/s1. The molecule has 0 saturated carbocycles. The third kappa shape index (κ3) is 33.3. The van der Waals surface area contributed by atoms with Crippen LogP contribution in [-0.4, -0.2) is 272 Å². The van der Waals surface area contributed by atoms with Crippen LogP contribution >= 0.6 is 0 Å². The minimum atomic E-state index is -1.79. The number of carbonyl (C=O) groups excluding carboxylic acids is 15. The minimum Gasteiger partial charge on any atom is -0.480 e. The smallest absolute Gasteiger partial charge is 0.325 e. The van der Waals surface area contributed by atoms with E-state index in [-0.39, 0.29) is 70.4 Å². The van der Waals surface area contributed by atoms with Crippen molar-refractivity contribution in [1.29, 1.82) is 0 Å². The number of unbranched alkanes of at least 4 members (excludes halogenated alkanes) is 3. The number of nitrogens with zero attached hydrogens (tertiary/aromatic N) is 1. The molecule has 3 heterocycles. The number of carboxylic acid groups (broad SMARTS) is 1. The summed E-state index contributed by atoms with van der Waals surface area (Å²) in [4.78, 5) is 234. The lowest BCUT2D eigenvalue weighted by Gasteiger charge is -2.33. The molecule has 1 aliphatic rings. The topological polar surface area (TPSA) is 661 Å². The first-order chi connectivity index (χ1) is 61.6. The number of hydrogen-bond acceptors (Lipinski definition) is 23.